The van der Waals surface area contributed by atoms with Gasteiger partial charge in [-0.05, 0) is 19.8 Å². The Morgan fingerprint density at radius 3 is 2.35 bits per heavy atom. The predicted octanol–water partition coefficient (Wildman–Crippen LogP) is 1.56. The van der Waals surface area contributed by atoms with Gasteiger partial charge in [-0.15, -0.1) is 0 Å². The van der Waals surface area contributed by atoms with Gasteiger partial charge in [-0.1, -0.05) is 19.3 Å². The number of carbonyl (C=O) groups is 2. The zero-order chi connectivity index (χ0) is 13.1. The van der Waals surface area contributed by atoms with Crippen LogP contribution in [-0.4, -0.2) is 36.7 Å². The van der Waals surface area contributed by atoms with Crippen molar-refractivity contribution in [3.63, 3.8) is 0 Å². The van der Waals surface area contributed by atoms with E-state index in [-0.39, 0.29) is 12.3 Å². The van der Waals surface area contributed by atoms with Crippen LogP contribution in [0.3, 0.4) is 0 Å². The van der Waals surface area contributed by atoms with Crippen molar-refractivity contribution in [3.05, 3.63) is 0 Å². The van der Waals surface area contributed by atoms with Gasteiger partial charge in [0.15, 0.2) is 0 Å². The molecule has 0 aliphatic rings. The molecule has 17 heavy (non-hydrogen) atoms. The van der Waals surface area contributed by atoms with E-state index in [4.69, 9.17) is 9.84 Å². The molecule has 0 aliphatic heterocycles. The minimum Gasteiger partial charge on any atom is -0.481 e. The van der Waals surface area contributed by atoms with Gasteiger partial charge < -0.3 is 15.2 Å². The molecule has 0 saturated heterocycles. The van der Waals surface area contributed by atoms with Gasteiger partial charge in [0.2, 0.25) is 5.91 Å². The van der Waals surface area contributed by atoms with Gasteiger partial charge in [-0.3, -0.25) is 9.59 Å². The molecule has 2 N–H and O–H groups in total. The highest BCUT2D eigenvalue weighted by atomic mass is 16.5. The highest BCUT2D eigenvalue weighted by molar-refractivity contribution is 5.80. The molecule has 0 aromatic heterocycles. The van der Waals surface area contributed by atoms with Crippen LogP contribution in [-0.2, 0) is 14.3 Å². The van der Waals surface area contributed by atoms with Gasteiger partial charge in [0.25, 0.3) is 0 Å². The van der Waals surface area contributed by atoms with E-state index in [1.165, 1.54) is 7.11 Å². The summed E-state index contributed by atoms with van der Waals surface area (Å²) in [5.41, 5.74) is 0. The van der Waals surface area contributed by atoms with Gasteiger partial charge in [-0.2, -0.15) is 0 Å². The first-order valence-corrected chi connectivity index (χ1v) is 6.10. The van der Waals surface area contributed by atoms with Gasteiger partial charge in [0, 0.05) is 20.1 Å². The standard InChI is InChI=1S/C12H23NO4/c1-10(17-2)12(16)13-9-7-5-3-4-6-8-11(14)15/h10H,3-9H2,1-2H3,(H,13,16)(H,14,15). The van der Waals surface area contributed by atoms with E-state index in [9.17, 15) is 9.59 Å². The number of hydrogen-bond donors (Lipinski definition) is 2. The molecule has 5 nitrogen and oxygen atoms in total. The largest absolute Gasteiger partial charge is 0.481 e. The van der Waals surface area contributed by atoms with Crippen LogP contribution in [0.5, 0.6) is 0 Å². The number of carboxylic acid groups (broad SMARTS) is 1. The molecule has 0 saturated carbocycles. The van der Waals surface area contributed by atoms with Crippen molar-refractivity contribution in [3.8, 4) is 0 Å². The molecule has 1 unspecified atom stereocenters. The van der Waals surface area contributed by atoms with Crippen LogP contribution in [0.25, 0.3) is 0 Å². The summed E-state index contributed by atoms with van der Waals surface area (Å²) >= 11 is 0. The van der Waals surface area contributed by atoms with Crippen LogP contribution in [0.1, 0.15) is 45.4 Å². The number of methoxy groups -OCH3 is 1. The smallest absolute Gasteiger partial charge is 0.303 e. The van der Waals surface area contributed by atoms with Crippen molar-refractivity contribution in [2.45, 2.75) is 51.6 Å². The fourth-order valence-electron chi connectivity index (χ4n) is 1.39. The third kappa shape index (κ3) is 9.81. The summed E-state index contributed by atoms with van der Waals surface area (Å²) in [7, 11) is 1.51. The molecule has 0 bridgehead atoms. The van der Waals surface area contributed by atoms with E-state index >= 15 is 0 Å². The molecule has 0 spiro atoms. The average molecular weight is 245 g/mol. The van der Waals surface area contributed by atoms with Gasteiger partial charge >= 0.3 is 5.97 Å². The number of rotatable bonds is 10. The molecule has 0 heterocycles. The first-order valence-electron chi connectivity index (χ1n) is 6.10. The van der Waals surface area contributed by atoms with Gasteiger partial charge in [0.1, 0.15) is 6.10 Å². The number of ether oxygens (including phenoxy) is 1. The zero-order valence-corrected chi connectivity index (χ0v) is 10.7. The van der Waals surface area contributed by atoms with Crippen LogP contribution in [0.4, 0.5) is 0 Å². The Hall–Kier alpha value is -1.10. The van der Waals surface area contributed by atoms with Crippen LogP contribution in [0.2, 0.25) is 0 Å². The lowest BCUT2D eigenvalue weighted by molar-refractivity contribution is -0.137. The third-order valence-corrected chi connectivity index (χ3v) is 2.59. The summed E-state index contributed by atoms with van der Waals surface area (Å²) in [5, 5.41) is 11.2. The van der Waals surface area contributed by atoms with Crippen molar-refractivity contribution in [2.24, 2.45) is 0 Å². The Labute approximate surface area is 103 Å². The molecule has 0 aliphatic carbocycles. The minimum atomic E-state index is -0.731. The van der Waals surface area contributed by atoms with E-state index in [0.717, 1.165) is 32.1 Å². The first-order chi connectivity index (χ1) is 8.07. The van der Waals surface area contributed by atoms with E-state index in [0.29, 0.717) is 6.54 Å². The third-order valence-electron chi connectivity index (χ3n) is 2.59. The Bertz CT molecular complexity index is 231. The number of unbranched alkanes of at least 4 members (excludes halogenated alkanes) is 4. The second-order valence-electron chi connectivity index (χ2n) is 4.08. The molecule has 0 aromatic carbocycles. The number of carbonyl (C=O) groups excluding carboxylic acids is 1. The van der Waals surface area contributed by atoms with E-state index in [2.05, 4.69) is 5.32 Å². The molecular weight excluding hydrogens is 222 g/mol. The number of carboxylic acids is 1. The average Bonchev–Trinajstić information content (AvgIpc) is 2.30. The second-order valence-corrected chi connectivity index (χ2v) is 4.08. The summed E-state index contributed by atoms with van der Waals surface area (Å²) in [6, 6.07) is 0. The summed E-state index contributed by atoms with van der Waals surface area (Å²) < 4.78 is 4.88. The van der Waals surface area contributed by atoms with Crippen molar-refractivity contribution < 1.29 is 19.4 Å². The van der Waals surface area contributed by atoms with E-state index in [1.807, 2.05) is 0 Å². The lowest BCUT2D eigenvalue weighted by atomic mass is 10.1. The van der Waals surface area contributed by atoms with Crippen molar-refractivity contribution in [1.82, 2.24) is 5.32 Å². The normalized spacial score (nSPS) is 12.1. The molecule has 0 rings (SSSR count). The highest BCUT2D eigenvalue weighted by Crippen LogP contribution is 2.04. The van der Waals surface area contributed by atoms with Crippen molar-refractivity contribution >= 4 is 11.9 Å². The second kappa shape index (κ2) is 10.1. The number of hydrogen-bond acceptors (Lipinski definition) is 3. The van der Waals surface area contributed by atoms with Crippen LogP contribution in [0.15, 0.2) is 0 Å². The highest BCUT2D eigenvalue weighted by Gasteiger charge is 2.09. The maximum absolute atomic E-state index is 11.3. The quantitative estimate of drug-likeness (QED) is 0.573. The fraction of sp³-hybridized carbons (Fsp3) is 0.833. The monoisotopic (exact) mass is 245 g/mol. The van der Waals surface area contributed by atoms with Crippen LogP contribution >= 0.6 is 0 Å². The fourth-order valence-corrected chi connectivity index (χ4v) is 1.39. The lowest BCUT2D eigenvalue weighted by Crippen LogP contribution is -2.34. The predicted molar refractivity (Wildman–Crippen MR) is 64.8 cm³/mol. The Balaban J connectivity index is 3.24. The van der Waals surface area contributed by atoms with Crippen molar-refractivity contribution in [2.75, 3.05) is 13.7 Å². The number of nitrogens with one attached hydrogen (secondary N) is 1. The molecular formula is C12H23NO4. The summed E-state index contributed by atoms with van der Waals surface area (Å²) in [6.45, 7) is 2.37. The van der Waals surface area contributed by atoms with E-state index in [1.54, 1.807) is 6.92 Å². The van der Waals surface area contributed by atoms with Crippen LogP contribution in [0, 0.1) is 0 Å². The maximum atomic E-state index is 11.3. The Kier molecular flexibility index (Phi) is 9.43. The molecule has 0 radical (unpaired) electrons. The molecule has 5 heteroatoms. The molecule has 0 aromatic rings. The molecule has 1 atom stereocenters. The molecule has 1 amide bonds. The number of aliphatic carboxylic acids is 1. The van der Waals surface area contributed by atoms with E-state index < -0.39 is 12.1 Å². The first kappa shape index (κ1) is 15.9. The zero-order valence-electron chi connectivity index (χ0n) is 10.7. The minimum absolute atomic E-state index is 0.0848. The summed E-state index contributed by atoms with van der Waals surface area (Å²) in [6.07, 6.45) is 4.49. The SMILES string of the molecule is COC(C)C(=O)NCCCCCCCC(=O)O. The Morgan fingerprint density at radius 1 is 1.18 bits per heavy atom. The Morgan fingerprint density at radius 2 is 1.76 bits per heavy atom. The van der Waals surface area contributed by atoms with Gasteiger partial charge in [-0.25, -0.2) is 0 Å². The summed E-state index contributed by atoms with van der Waals surface area (Å²) in [5.74, 6) is -0.816. The molecule has 0 fully saturated rings. The van der Waals surface area contributed by atoms with Gasteiger partial charge in [0.05, 0.1) is 0 Å². The molecule has 100 valence electrons. The maximum Gasteiger partial charge on any atom is 0.303 e. The van der Waals surface area contributed by atoms with Crippen LogP contribution < -0.4 is 5.32 Å². The topological polar surface area (TPSA) is 75.6 Å². The number of amides is 1. The summed E-state index contributed by atoms with van der Waals surface area (Å²) in [4.78, 5) is 21.5. The lowest BCUT2D eigenvalue weighted by Gasteiger charge is -2.09. The van der Waals surface area contributed by atoms with Crippen molar-refractivity contribution in [1.29, 1.82) is 0 Å².